The maximum absolute atomic E-state index is 13.7. The number of nitrogens with zero attached hydrogens (tertiary/aromatic N) is 4. The van der Waals surface area contributed by atoms with Gasteiger partial charge < -0.3 is 19.5 Å². The molecular formula is C44H58N4O4S4. The minimum atomic E-state index is -0.422. The molecule has 2 unspecified atom stereocenters. The molecule has 0 amide bonds. The summed E-state index contributed by atoms with van der Waals surface area (Å²) in [5, 5.41) is 4.57. The van der Waals surface area contributed by atoms with Gasteiger partial charge in [0.25, 0.3) is 0 Å². The van der Waals surface area contributed by atoms with Gasteiger partial charge in [-0.05, 0) is 134 Å². The molecule has 12 heteroatoms. The second kappa shape index (κ2) is 17.6. The average molecular weight is 835 g/mol. The highest BCUT2D eigenvalue weighted by Crippen LogP contribution is 2.50. The van der Waals surface area contributed by atoms with Crippen LogP contribution in [-0.4, -0.2) is 106 Å². The van der Waals surface area contributed by atoms with Gasteiger partial charge in [0.1, 0.15) is 10.1 Å². The molecule has 0 bridgehead atoms. The fourth-order valence-electron chi connectivity index (χ4n) is 10.4. The number of aromatic nitrogens is 2. The van der Waals surface area contributed by atoms with Crippen LogP contribution in [0.4, 0.5) is 0 Å². The summed E-state index contributed by atoms with van der Waals surface area (Å²) in [6.45, 7) is 6.61. The van der Waals surface area contributed by atoms with E-state index in [0.29, 0.717) is 35.8 Å². The van der Waals surface area contributed by atoms with E-state index >= 15 is 0 Å². The van der Waals surface area contributed by atoms with Crippen molar-refractivity contribution < 1.29 is 19.3 Å². The first-order chi connectivity index (χ1) is 27.3. The topological polar surface area (TPSA) is 68.9 Å². The smallest absolute Gasteiger partial charge is 0.333 e. The molecule has 302 valence electrons. The summed E-state index contributed by atoms with van der Waals surface area (Å²) >= 11 is 7.44. The number of rotatable bonds is 15. The van der Waals surface area contributed by atoms with Gasteiger partial charge in [-0.3, -0.25) is 0 Å². The van der Waals surface area contributed by atoms with Crippen LogP contribution in [0.15, 0.2) is 46.5 Å². The van der Waals surface area contributed by atoms with E-state index in [0.717, 1.165) is 71.4 Å². The van der Waals surface area contributed by atoms with Gasteiger partial charge in [-0.15, -0.1) is 23.5 Å². The lowest BCUT2D eigenvalue weighted by atomic mass is 9.73. The average Bonchev–Trinajstić information content (AvgIpc) is 3.65. The van der Waals surface area contributed by atoms with Crippen LogP contribution in [0.3, 0.4) is 0 Å². The molecule has 2 aromatic heterocycles. The highest BCUT2D eigenvalue weighted by molar-refractivity contribution is 7.99. The highest BCUT2D eigenvalue weighted by Gasteiger charge is 2.43. The maximum Gasteiger partial charge on any atom is 0.333 e. The first-order valence-corrected chi connectivity index (χ1v) is 25.4. The van der Waals surface area contributed by atoms with Crippen LogP contribution < -0.4 is 9.68 Å². The molecule has 0 saturated carbocycles. The monoisotopic (exact) mass is 834 g/mol. The fraction of sp³-hybridized carbons (Fsp3) is 0.591. The van der Waals surface area contributed by atoms with Crippen molar-refractivity contribution in [3.05, 3.63) is 58.7 Å². The zero-order chi connectivity index (χ0) is 39.1. The standard InChI is InChI=1S/C44H58N4O4S4/c1-7-17-55-43-33-21-37-31(19-27(25-53-5)23-45(37)3)29-11-9-13-35(41(29)33)47(43)51-39(49)15-16-40(50)52-48-36-14-10-12-30-32-20-28(26-54-6)24-46(4)38(32)22-34(42(30)36)44(48)56-18-8-2/h9-14,27-28,31-32,37-38H,7-8,15-26H2,1-6H3/t27?,28?,31-,32-,37-,38-/m0/s1. The zero-order valence-electron chi connectivity index (χ0n) is 33.9. The number of thioether (sulfide) groups is 4. The SMILES string of the molecule is CCCSc1c2c3c(cccc3n1OC(=O)CCC(=O)On1c(SCCC)c3c4c(cccc41)[C@@H]1CC(CSC)CN(C)[C@H]1C3)[C@@H]1CC(CSC)CN(C)[C@H]1C2. The van der Waals surface area contributed by atoms with E-state index in [4.69, 9.17) is 9.68 Å². The van der Waals surface area contributed by atoms with Crippen molar-refractivity contribution in [3.63, 3.8) is 0 Å². The van der Waals surface area contributed by atoms with Crippen LogP contribution in [0, 0.1) is 11.8 Å². The number of fused-ring (bicyclic) bond motifs is 4. The minimum Gasteiger partial charge on any atom is -0.335 e. The Hall–Kier alpha value is -2.22. The molecule has 6 atom stereocenters. The lowest BCUT2D eigenvalue weighted by Crippen LogP contribution is -2.48. The zero-order valence-corrected chi connectivity index (χ0v) is 37.1. The van der Waals surface area contributed by atoms with E-state index < -0.39 is 11.9 Å². The summed E-state index contributed by atoms with van der Waals surface area (Å²) in [4.78, 5) is 45.1. The minimum absolute atomic E-state index is 0.0592. The Morgan fingerprint density at radius 3 is 1.50 bits per heavy atom. The molecule has 4 aliphatic rings. The third-order valence-electron chi connectivity index (χ3n) is 12.6. The summed E-state index contributed by atoms with van der Waals surface area (Å²) in [5.41, 5.74) is 7.28. The molecule has 0 spiro atoms. The van der Waals surface area contributed by atoms with Crippen molar-refractivity contribution in [2.75, 3.05) is 62.7 Å². The number of carbonyl (C=O) groups is 2. The quantitative estimate of drug-likeness (QED) is 0.109. The Balaban J connectivity index is 1.03. The van der Waals surface area contributed by atoms with Gasteiger partial charge in [-0.2, -0.15) is 33.0 Å². The molecule has 0 radical (unpaired) electrons. The van der Waals surface area contributed by atoms with Gasteiger partial charge in [0.05, 0.1) is 23.9 Å². The lowest BCUT2D eigenvalue weighted by Gasteiger charge is -2.45. The maximum atomic E-state index is 13.7. The Morgan fingerprint density at radius 2 is 1.11 bits per heavy atom. The second-order valence-electron chi connectivity index (χ2n) is 16.5. The lowest BCUT2D eigenvalue weighted by molar-refractivity contribution is -0.151. The normalized spacial score (nSPS) is 24.7. The largest absolute Gasteiger partial charge is 0.335 e. The first-order valence-electron chi connectivity index (χ1n) is 20.6. The van der Waals surface area contributed by atoms with Gasteiger partial charge in [0.15, 0.2) is 0 Å². The number of hydrogen-bond donors (Lipinski definition) is 0. The van der Waals surface area contributed by atoms with Gasteiger partial charge in [0.2, 0.25) is 0 Å². The highest BCUT2D eigenvalue weighted by atomic mass is 32.2. The molecule has 4 heterocycles. The predicted molar refractivity (Wildman–Crippen MR) is 237 cm³/mol. The molecule has 8 nitrogen and oxygen atoms in total. The van der Waals surface area contributed by atoms with Gasteiger partial charge in [0, 0.05) is 47.8 Å². The van der Waals surface area contributed by atoms with Gasteiger partial charge in [-0.25, -0.2) is 9.59 Å². The molecule has 8 rings (SSSR count). The third kappa shape index (κ3) is 7.57. The Morgan fingerprint density at radius 1 is 0.679 bits per heavy atom. The summed E-state index contributed by atoms with van der Waals surface area (Å²) in [5.74, 6) is 5.62. The number of piperidine rings is 2. The Labute approximate surface area is 349 Å². The van der Waals surface area contributed by atoms with Crippen LogP contribution in [0.2, 0.25) is 0 Å². The van der Waals surface area contributed by atoms with Gasteiger partial charge >= 0.3 is 11.9 Å². The molecule has 2 fully saturated rings. The van der Waals surface area contributed by atoms with Crippen molar-refractivity contribution in [3.8, 4) is 0 Å². The third-order valence-corrected chi connectivity index (χ3v) is 16.8. The van der Waals surface area contributed by atoms with E-state index in [1.54, 1.807) is 33.0 Å². The fourth-order valence-corrected chi connectivity index (χ4v) is 13.9. The molecule has 2 aliphatic heterocycles. The number of likely N-dealkylation sites (N-methyl/N-ethyl adjacent to an activating group) is 2. The van der Waals surface area contributed by atoms with Crippen LogP contribution in [0.5, 0.6) is 0 Å². The second-order valence-corrected chi connectivity index (χ2v) is 20.5. The van der Waals surface area contributed by atoms with Crippen molar-refractivity contribution in [2.45, 2.75) is 99.2 Å². The van der Waals surface area contributed by atoms with E-state index in [1.165, 1.54) is 57.4 Å². The van der Waals surface area contributed by atoms with E-state index in [1.807, 2.05) is 23.5 Å². The van der Waals surface area contributed by atoms with Crippen molar-refractivity contribution in [2.24, 2.45) is 11.8 Å². The number of benzene rings is 2. The van der Waals surface area contributed by atoms with Gasteiger partial charge in [-0.1, -0.05) is 38.1 Å². The molecule has 0 N–H and O–H groups in total. The van der Waals surface area contributed by atoms with E-state index in [-0.39, 0.29) is 12.8 Å². The van der Waals surface area contributed by atoms with E-state index in [9.17, 15) is 9.59 Å². The number of likely N-dealkylation sites (tertiary alicyclic amines) is 2. The number of carbonyl (C=O) groups excluding carboxylic acids is 2. The predicted octanol–water partition coefficient (Wildman–Crippen LogP) is 8.64. The summed E-state index contributed by atoms with van der Waals surface area (Å²) in [7, 11) is 4.57. The van der Waals surface area contributed by atoms with Crippen LogP contribution >= 0.6 is 47.0 Å². The summed E-state index contributed by atoms with van der Waals surface area (Å²) in [6, 6.07) is 13.9. The summed E-state index contributed by atoms with van der Waals surface area (Å²) in [6.07, 6.45) is 10.6. The van der Waals surface area contributed by atoms with Crippen molar-refractivity contribution in [1.29, 1.82) is 0 Å². The molecule has 2 aliphatic carbocycles. The molecule has 2 aromatic carbocycles. The first kappa shape index (κ1) is 40.6. The van der Waals surface area contributed by atoms with Crippen LogP contribution in [-0.2, 0) is 22.4 Å². The van der Waals surface area contributed by atoms with E-state index in [2.05, 4.69) is 86.7 Å². The molecule has 2 saturated heterocycles. The number of hydrogen-bond acceptors (Lipinski definition) is 10. The van der Waals surface area contributed by atoms with Crippen LogP contribution in [0.25, 0.3) is 21.8 Å². The van der Waals surface area contributed by atoms with Crippen LogP contribution in [0.1, 0.15) is 86.5 Å². The Kier molecular flexibility index (Phi) is 12.7. The molecule has 4 aromatic rings. The van der Waals surface area contributed by atoms with Crippen molar-refractivity contribution >= 4 is 80.8 Å². The Bertz CT molecular complexity index is 1930. The summed E-state index contributed by atoms with van der Waals surface area (Å²) < 4.78 is 3.59. The molecule has 56 heavy (non-hydrogen) atoms. The molecular weight excluding hydrogens is 777 g/mol. The van der Waals surface area contributed by atoms with Crippen molar-refractivity contribution in [1.82, 2.24) is 19.3 Å².